The van der Waals surface area contributed by atoms with E-state index in [1.807, 2.05) is 19.1 Å². The number of aliphatic hydroxyl groups is 1. The van der Waals surface area contributed by atoms with Gasteiger partial charge in [-0.05, 0) is 30.9 Å². The lowest BCUT2D eigenvalue weighted by atomic mass is 10.0. The third-order valence-corrected chi connectivity index (χ3v) is 4.26. The third-order valence-electron chi connectivity index (χ3n) is 4.26. The number of rotatable bonds is 2. The van der Waals surface area contributed by atoms with Crippen molar-refractivity contribution in [3.63, 3.8) is 0 Å². The number of amides is 1. The maximum absolute atomic E-state index is 12.4. The number of nitrogens with zero attached hydrogens (tertiary/aromatic N) is 2. The van der Waals surface area contributed by atoms with Gasteiger partial charge in [0.05, 0.1) is 6.10 Å². The molecule has 1 aliphatic carbocycles. The number of hydrogen-bond donors (Lipinski definition) is 1. The van der Waals surface area contributed by atoms with Gasteiger partial charge in [-0.15, -0.1) is 0 Å². The van der Waals surface area contributed by atoms with Crippen LogP contribution in [0.5, 0.6) is 0 Å². The van der Waals surface area contributed by atoms with Gasteiger partial charge in [-0.3, -0.25) is 9.78 Å². The second kappa shape index (κ2) is 4.05. The van der Waals surface area contributed by atoms with Gasteiger partial charge in [0.25, 0.3) is 5.91 Å². The van der Waals surface area contributed by atoms with Crippen molar-refractivity contribution in [2.24, 2.45) is 5.41 Å². The van der Waals surface area contributed by atoms with Gasteiger partial charge in [0, 0.05) is 24.7 Å². The molecule has 1 aromatic heterocycles. The van der Waals surface area contributed by atoms with E-state index in [1.165, 1.54) is 0 Å². The van der Waals surface area contributed by atoms with Crippen LogP contribution in [0.1, 0.15) is 35.8 Å². The van der Waals surface area contributed by atoms with E-state index in [9.17, 15) is 9.90 Å². The summed E-state index contributed by atoms with van der Waals surface area (Å²) in [6.07, 6.45) is 4.19. The van der Waals surface area contributed by atoms with Crippen molar-refractivity contribution in [3.05, 3.63) is 29.6 Å². The average Bonchev–Trinajstić information content (AvgIpc) is 3.10. The minimum Gasteiger partial charge on any atom is -0.391 e. The lowest BCUT2D eigenvalue weighted by Crippen LogP contribution is -2.31. The first-order valence-electron chi connectivity index (χ1n) is 6.57. The highest BCUT2D eigenvalue weighted by Crippen LogP contribution is 2.52. The molecule has 1 aliphatic heterocycles. The monoisotopic (exact) mass is 246 g/mol. The van der Waals surface area contributed by atoms with Crippen molar-refractivity contribution in [2.75, 3.05) is 13.1 Å². The van der Waals surface area contributed by atoms with E-state index in [0.29, 0.717) is 18.8 Å². The summed E-state index contributed by atoms with van der Waals surface area (Å²) in [7, 11) is 0. The van der Waals surface area contributed by atoms with Crippen LogP contribution in [-0.4, -0.2) is 40.1 Å². The van der Waals surface area contributed by atoms with E-state index in [4.69, 9.17) is 0 Å². The van der Waals surface area contributed by atoms with Crippen LogP contribution in [0.4, 0.5) is 0 Å². The van der Waals surface area contributed by atoms with Gasteiger partial charge in [0.15, 0.2) is 0 Å². The molecule has 2 heterocycles. The minimum atomic E-state index is -0.352. The Balaban J connectivity index is 1.83. The molecule has 1 aromatic rings. The number of β-amino-alcohol motifs (C(OH)–C–C–N with tert-alkyl or cyclic N) is 1. The molecule has 2 aliphatic rings. The van der Waals surface area contributed by atoms with Gasteiger partial charge >= 0.3 is 0 Å². The second-order valence-electron chi connectivity index (χ2n) is 5.43. The molecule has 1 saturated heterocycles. The van der Waals surface area contributed by atoms with Gasteiger partial charge in [-0.25, -0.2) is 0 Å². The van der Waals surface area contributed by atoms with Gasteiger partial charge in [0.2, 0.25) is 0 Å². The van der Waals surface area contributed by atoms with Gasteiger partial charge < -0.3 is 10.0 Å². The van der Waals surface area contributed by atoms with Gasteiger partial charge in [-0.2, -0.15) is 0 Å². The van der Waals surface area contributed by atoms with Crippen LogP contribution in [0.25, 0.3) is 0 Å². The van der Waals surface area contributed by atoms with Crippen molar-refractivity contribution in [2.45, 2.75) is 32.3 Å². The Hall–Kier alpha value is -1.42. The lowest BCUT2D eigenvalue weighted by molar-refractivity contribution is 0.0757. The molecule has 1 unspecified atom stereocenters. The van der Waals surface area contributed by atoms with Crippen LogP contribution in [0.15, 0.2) is 18.3 Å². The molecule has 1 amide bonds. The minimum absolute atomic E-state index is 0.0107. The van der Waals surface area contributed by atoms with Gasteiger partial charge in [0.1, 0.15) is 5.69 Å². The fourth-order valence-electron chi connectivity index (χ4n) is 2.83. The molecule has 0 aromatic carbocycles. The summed E-state index contributed by atoms with van der Waals surface area (Å²) < 4.78 is 0. The Labute approximate surface area is 107 Å². The summed E-state index contributed by atoms with van der Waals surface area (Å²) >= 11 is 0. The standard InChI is InChI=1S/C14H18N2O2/c1-2-10-4-3-7-15-12(10)13(18)16-8-11(17)14(9-16)5-6-14/h3-4,7,11,17H,2,5-6,8-9H2,1H3. The molecule has 1 spiro atoms. The number of carbonyl (C=O) groups excluding carboxylic acids is 1. The summed E-state index contributed by atoms with van der Waals surface area (Å²) in [5, 5.41) is 10.00. The zero-order chi connectivity index (χ0) is 12.8. The first-order valence-corrected chi connectivity index (χ1v) is 6.57. The van der Waals surface area contributed by atoms with Crippen LogP contribution in [0, 0.1) is 5.41 Å². The Kier molecular flexibility index (Phi) is 2.63. The Morgan fingerprint density at radius 1 is 1.61 bits per heavy atom. The average molecular weight is 246 g/mol. The molecule has 1 saturated carbocycles. The number of aliphatic hydroxyl groups excluding tert-OH is 1. The second-order valence-corrected chi connectivity index (χ2v) is 5.43. The number of aryl methyl sites for hydroxylation is 1. The molecule has 1 atom stereocenters. The normalized spacial score (nSPS) is 24.6. The fourth-order valence-corrected chi connectivity index (χ4v) is 2.83. The lowest BCUT2D eigenvalue weighted by Gasteiger charge is -2.16. The number of carbonyl (C=O) groups is 1. The largest absolute Gasteiger partial charge is 0.391 e. The highest BCUT2D eigenvalue weighted by molar-refractivity contribution is 5.94. The first-order chi connectivity index (χ1) is 8.66. The van der Waals surface area contributed by atoms with E-state index < -0.39 is 0 Å². The topological polar surface area (TPSA) is 53.4 Å². The summed E-state index contributed by atoms with van der Waals surface area (Å²) in [6.45, 7) is 3.17. The molecule has 0 radical (unpaired) electrons. The molecular formula is C14H18N2O2. The quantitative estimate of drug-likeness (QED) is 0.854. The zero-order valence-corrected chi connectivity index (χ0v) is 10.6. The van der Waals surface area contributed by atoms with E-state index in [2.05, 4.69) is 4.98 Å². The Bertz CT molecular complexity index is 482. The number of pyridine rings is 1. The molecule has 3 rings (SSSR count). The first kappa shape index (κ1) is 11.7. The molecule has 2 fully saturated rings. The Morgan fingerprint density at radius 3 is 3.00 bits per heavy atom. The van der Waals surface area contributed by atoms with Crippen molar-refractivity contribution in [3.8, 4) is 0 Å². The molecule has 96 valence electrons. The maximum atomic E-state index is 12.4. The van der Waals surface area contributed by atoms with Crippen LogP contribution in [0.3, 0.4) is 0 Å². The van der Waals surface area contributed by atoms with Crippen LogP contribution >= 0.6 is 0 Å². The number of likely N-dealkylation sites (tertiary alicyclic amines) is 1. The van der Waals surface area contributed by atoms with Crippen LogP contribution < -0.4 is 0 Å². The predicted octanol–water partition coefficient (Wildman–Crippen LogP) is 1.24. The molecule has 0 bridgehead atoms. The molecule has 4 heteroatoms. The number of aromatic nitrogens is 1. The maximum Gasteiger partial charge on any atom is 0.272 e. The van der Waals surface area contributed by atoms with Crippen molar-refractivity contribution in [1.29, 1.82) is 0 Å². The molecule has 4 nitrogen and oxygen atoms in total. The molecular weight excluding hydrogens is 228 g/mol. The highest BCUT2D eigenvalue weighted by atomic mass is 16.3. The van der Waals surface area contributed by atoms with E-state index in [-0.39, 0.29) is 17.4 Å². The van der Waals surface area contributed by atoms with Crippen LogP contribution in [0.2, 0.25) is 0 Å². The van der Waals surface area contributed by atoms with Crippen molar-refractivity contribution >= 4 is 5.91 Å². The SMILES string of the molecule is CCc1cccnc1C(=O)N1CC(O)C2(CC2)C1. The van der Waals surface area contributed by atoms with Crippen molar-refractivity contribution in [1.82, 2.24) is 9.88 Å². The van der Waals surface area contributed by atoms with Gasteiger partial charge in [-0.1, -0.05) is 13.0 Å². The third kappa shape index (κ3) is 1.72. The molecule has 18 heavy (non-hydrogen) atoms. The van der Waals surface area contributed by atoms with Crippen LogP contribution in [-0.2, 0) is 6.42 Å². The van der Waals surface area contributed by atoms with E-state index in [0.717, 1.165) is 24.8 Å². The fraction of sp³-hybridized carbons (Fsp3) is 0.571. The summed E-state index contributed by atoms with van der Waals surface area (Å²) in [4.78, 5) is 18.4. The Morgan fingerprint density at radius 2 is 2.39 bits per heavy atom. The smallest absolute Gasteiger partial charge is 0.272 e. The summed E-state index contributed by atoms with van der Waals surface area (Å²) in [5.41, 5.74) is 1.54. The van der Waals surface area contributed by atoms with E-state index in [1.54, 1.807) is 11.1 Å². The summed E-state index contributed by atoms with van der Waals surface area (Å²) in [5.74, 6) is -0.0322. The summed E-state index contributed by atoms with van der Waals surface area (Å²) in [6, 6.07) is 3.80. The molecule has 1 N–H and O–H groups in total. The zero-order valence-electron chi connectivity index (χ0n) is 10.6. The highest BCUT2D eigenvalue weighted by Gasteiger charge is 2.55. The van der Waals surface area contributed by atoms with Crippen molar-refractivity contribution < 1.29 is 9.90 Å². The van der Waals surface area contributed by atoms with E-state index >= 15 is 0 Å². The number of hydrogen-bond acceptors (Lipinski definition) is 3. The predicted molar refractivity (Wildman–Crippen MR) is 67.2 cm³/mol.